The normalized spacial score (nSPS) is 11.4. The minimum atomic E-state index is 0.409. The lowest BCUT2D eigenvalue weighted by molar-refractivity contribution is 0.807. The van der Waals surface area contributed by atoms with E-state index in [4.69, 9.17) is 4.98 Å². The van der Waals surface area contributed by atoms with Crippen molar-refractivity contribution >= 4 is 5.65 Å². The molecule has 0 fully saturated rings. The van der Waals surface area contributed by atoms with Gasteiger partial charge in [0.25, 0.3) is 0 Å². The van der Waals surface area contributed by atoms with Crippen LogP contribution in [0.2, 0.25) is 0 Å². The Kier molecular flexibility index (Phi) is 2.82. The number of nitrogens with zero attached hydrogens (tertiary/aromatic N) is 3. The van der Waals surface area contributed by atoms with Crippen LogP contribution in [-0.2, 0) is 0 Å². The first kappa shape index (κ1) is 11.9. The summed E-state index contributed by atoms with van der Waals surface area (Å²) in [7, 11) is 0. The van der Waals surface area contributed by atoms with Gasteiger partial charge in [-0.25, -0.2) is 4.98 Å². The number of aryl methyl sites for hydroxylation is 1. The molecule has 0 N–H and O–H groups in total. The molecule has 96 valence electrons. The summed E-state index contributed by atoms with van der Waals surface area (Å²) in [5.41, 5.74) is 5.38. The molecular weight excluding hydrogens is 234 g/mol. The van der Waals surface area contributed by atoms with Gasteiger partial charge in [0, 0.05) is 18.0 Å². The van der Waals surface area contributed by atoms with Crippen molar-refractivity contribution in [3.8, 4) is 11.3 Å². The van der Waals surface area contributed by atoms with Crippen molar-refractivity contribution in [1.29, 1.82) is 0 Å². The first-order valence-corrected chi connectivity index (χ1v) is 6.57. The molecule has 0 unspecified atom stereocenters. The molecule has 3 nitrogen and oxygen atoms in total. The zero-order chi connectivity index (χ0) is 13.4. The van der Waals surface area contributed by atoms with Crippen LogP contribution >= 0.6 is 0 Å². The number of rotatable bonds is 2. The first-order valence-electron chi connectivity index (χ1n) is 6.57. The van der Waals surface area contributed by atoms with Gasteiger partial charge in [-0.1, -0.05) is 44.2 Å². The van der Waals surface area contributed by atoms with Crippen molar-refractivity contribution in [3.63, 3.8) is 0 Å². The third-order valence-corrected chi connectivity index (χ3v) is 3.35. The van der Waals surface area contributed by atoms with E-state index in [1.165, 1.54) is 5.69 Å². The van der Waals surface area contributed by atoms with Gasteiger partial charge in [-0.05, 0) is 12.8 Å². The molecule has 0 amide bonds. The monoisotopic (exact) mass is 251 g/mol. The largest absolute Gasteiger partial charge is 0.300 e. The molecule has 1 aromatic carbocycles. The Hall–Kier alpha value is -2.16. The molecule has 0 aliphatic rings. The standard InChI is InChI=1S/C16H17N3/c1-11(2)15-14(13-7-5-4-6-8-13)18-16-12(3)17-9-10-19(15)16/h4-11H,1-3H3. The number of hydrogen-bond acceptors (Lipinski definition) is 2. The van der Waals surface area contributed by atoms with Crippen LogP contribution in [-0.4, -0.2) is 14.4 Å². The maximum absolute atomic E-state index is 4.80. The Morgan fingerprint density at radius 2 is 1.84 bits per heavy atom. The second kappa shape index (κ2) is 4.50. The van der Waals surface area contributed by atoms with Gasteiger partial charge in [0.2, 0.25) is 0 Å². The average Bonchev–Trinajstić information content (AvgIpc) is 2.81. The van der Waals surface area contributed by atoms with Crippen LogP contribution in [0.1, 0.15) is 31.2 Å². The summed E-state index contributed by atoms with van der Waals surface area (Å²) in [6.45, 7) is 6.40. The molecule has 3 heteroatoms. The molecule has 0 radical (unpaired) electrons. The van der Waals surface area contributed by atoms with Gasteiger partial charge >= 0.3 is 0 Å². The maximum Gasteiger partial charge on any atom is 0.159 e. The first-order chi connectivity index (χ1) is 9.18. The molecule has 0 spiro atoms. The van der Waals surface area contributed by atoms with Gasteiger partial charge in [-0.3, -0.25) is 4.98 Å². The Bertz CT molecular complexity index is 711. The number of fused-ring (bicyclic) bond motifs is 1. The number of benzene rings is 1. The van der Waals surface area contributed by atoms with E-state index in [0.29, 0.717) is 5.92 Å². The molecule has 2 heterocycles. The van der Waals surface area contributed by atoms with Crippen molar-refractivity contribution in [2.75, 3.05) is 0 Å². The third kappa shape index (κ3) is 1.91. The van der Waals surface area contributed by atoms with Crippen molar-refractivity contribution in [3.05, 3.63) is 54.1 Å². The van der Waals surface area contributed by atoms with E-state index in [-0.39, 0.29) is 0 Å². The molecule has 3 aromatic rings. The average molecular weight is 251 g/mol. The second-order valence-electron chi connectivity index (χ2n) is 5.07. The second-order valence-corrected chi connectivity index (χ2v) is 5.07. The minimum Gasteiger partial charge on any atom is -0.300 e. The number of aromatic nitrogens is 3. The van der Waals surface area contributed by atoms with Gasteiger partial charge in [-0.15, -0.1) is 0 Å². The lowest BCUT2D eigenvalue weighted by Gasteiger charge is -2.08. The maximum atomic E-state index is 4.80. The number of hydrogen-bond donors (Lipinski definition) is 0. The van der Waals surface area contributed by atoms with Crippen LogP contribution in [0.4, 0.5) is 0 Å². The van der Waals surface area contributed by atoms with Crippen LogP contribution in [0.15, 0.2) is 42.7 Å². The van der Waals surface area contributed by atoms with Crippen molar-refractivity contribution in [2.45, 2.75) is 26.7 Å². The molecular formula is C16H17N3. The smallest absolute Gasteiger partial charge is 0.159 e. The van der Waals surface area contributed by atoms with E-state index in [9.17, 15) is 0 Å². The molecule has 0 bridgehead atoms. The fourth-order valence-corrected chi connectivity index (χ4v) is 2.48. The fraction of sp³-hybridized carbons (Fsp3) is 0.250. The highest BCUT2D eigenvalue weighted by atomic mass is 15.0. The highest BCUT2D eigenvalue weighted by molar-refractivity contribution is 5.67. The van der Waals surface area contributed by atoms with E-state index in [0.717, 1.165) is 22.6 Å². The van der Waals surface area contributed by atoms with Crippen LogP contribution < -0.4 is 0 Å². The highest BCUT2D eigenvalue weighted by Gasteiger charge is 2.17. The minimum absolute atomic E-state index is 0.409. The van der Waals surface area contributed by atoms with Crippen molar-refractivity contribution in [1.82, 2.24) is 14.4 Å². The molecule has 0 saturated heterocycles. The summed E-state index contributed by atoms with van der Waals surface area (Å²) < 4.78 is 2.16. The summed E-state index contributed by atoms with van der Waals surface area (Å²) >= 11 is 0. The van der Waals surface area contributed by atoms with E-state index < -0.39 is 0 Å². The summed E-state index contributed by atoms with van der Waals surface area (Å²) in [6, 6.07) is 10.3. The van der Waals surface area contributed by atoms with Crippen LogP contribution in [0.5, 0.6) is 0 Å². The summed E-state index contributed by atoms with van der Waals surface area (Å²) in [6.07, 6.45) is 3.84. The van der Waals surface area contributed by atoms with Gasteiger partial charge in [0.1, 0.15) is 0 Å². The van der Waals surface area contributed by atoms with E-state index in [1.807, 2.05) is 25.4 Å². The molecule has 3 rings (SSSR count). The predicted molar refractivity (Wildman–Crippen MR) is 77.2 cm³/mol. The zero-order valence-electron chi connectivity index (χ0n) is 11.5. The Morgan fingerprint density at radius 1 is 1.11 bits per heavy atom. The van der Waals surface area contributed by atoms with E-state index in [2.05, 4.69) is 47.5 Å². The van der Waals surface area contributed by atoms with Gasteiger partial charge in [0.15, 0.2) is 5.65 Å². The predicted octanol–water partition coefficient (Wildman–Crippen LogP) is 3.83. The van der Waals surface area contributed by atoms with Gasteiger partial charge < -0.3 is 4.40 Å². The molecule has 19 heavy (non-hydrogen) atoms. The SMILES string of the molecule is Cc1nccn2c(C(C)C)c(-c3ccccc3)nc12. The van der Waals surface area contributed by atoms with E-state index in [1.54, 1.807) is 0 Å². The number of imidazole rings is 1. The molecule has 2 aromatic heterocycles. The van der Waals surface area contributed by atoms with Crippen LogP contribution in [0.25, 0.3) is 16.9 Å². The summed E-state index contributed by atoms with van der Waals surface area (Å²) in [4.78, 5) is 9.14. The quantitative estimate of drug-likeness (QED) is 0.693. The summed E-state index contributed by atoms with van der Waals surface area (Å²) in [5.74, 6) is 0.409. The Balaban J connectivity index is 2.36. The van der Waals surface area contributed by atoms with Crippen molar-refractivity contribution < 1.29 is 0 Å². The third-order valence-electron chi connectivity index (χ3n) is 3.35. The topological polar surface area (TPSA) is 30.2 Å². The molecule has 0 saturated carbocycles. The van der Waals surface area contributed by atoms with Crippen molar-refractivity contribution in [2.24, 2.45) is 0 Å². The van der Waals surface area contributed by atoms with Gasteiger partial charge in [0.05, 0.1) is 17.1 Å². The molecule has 0 aliphatic heterocycles. The summed E-state index contributed by atoms with van der Waals surface area (Å²) in [5, 5.41) is 0. The van der Waals surface area contributed by atoms with E-state index >= 15 is 0 Å². The van der Waals surface area contributed by atoms with Crippen LogP contribution in [0.3, 0.4) is 0 Å². The molecule has 0 atom stereocenters. The van der Waals surface area contributed by atoms with Gasteiger partial charge in [-0.2, -0.15) is 0 Å². The fourth-order valence-electron chi connectivity index (χ4n) is 2.48. The lowest BCUT2D eigenvalue weighted by Crippen LogP contribution is -1.98. The highest BCUT2D eigenvalue weighted by Crippen LogP contribution is 2.30. The Morgan fingerprint density at radius 3 is 2.53 bits per heavy atom. The Labute approximate surface area is 113 Å². The van der Waals surface area contributed by atoms with Crippen LogP contribution in [0, 0.1) is 6.92 Å². The zero-order valence-corrected chi connectivity index (χ0v) is 11.5. The lowest BCUT2D eigenvalue weighted by atomic mass is 10.0. The molecule has 0 aliphatic carbocycles.